The molecule has 0 aliphatic carbocycles. The van der Waals surface area contributed by atoms with Crippen LogP contribution in [0.2, 0.25) is 0 Å². The summed E-state index contributed by atoms with van der Waals surface area (Å²) >= 11 is 1.67. The second-order valence-corrected chi connectivity index (χ2v) is 5.59. The highest BCUT2D eigenvalue weighted by Gasteiger charge is 2.10. The molecule has 0 bridgehead atoms. The van der Waals surface area contributed by atoms with Crippen LogP contribution in [0, 0.1) is 0 Å². The third-order valence-corrected chi connectivity index (χ3v) is 4.03. The number of ketones is 1. The number of Topliss-reactive ketones (excluding diaryl/α,β-unsaturated/α-hetero) is 1. The van der Waals surface area contributed by atoms with Gasteiger partial charge in [0.2, 0.25) is 0 Å². The van der Waals surface area contributed by atoms with E-state index < -0.39 is 0 Å². The summed E-state index contributed by atoms with van der Waals surface area (Å²) in [6, 6.07) is 15.4. The van der Waals surface area contributed by atoms with Crippen molar-refractivity contribution in [3.05, 3.63) is 54.1 Å². The van der Waals surface area contributed by atoms with Gasteiger partial charge in [-0.3, -0.25) is 4.79 Å². The Balaban J connectivity index is 2.06. The van der Waals surface area contributed by atoms with Gasteiger partial charge < -0.3 is 9.64 Å². The minimum absolute atomic E-state index is 0.105. The molecular formula is C17H19NO2S. The number of thioether (sulfide) groups is 1. The number of carbonyl (C=O) groups is 1. The Bertz CT molecular complexity index is 610. The van der Waals surface area contributed by atoms with Gasteiger partial charge in [-0.1, -0.05) is 18.2 Å². The normalized spacial score (nSPS) is 10.2. The number of methoxy groups -OCH3 is 1. The first-order valence-electron chi connectivity index (χ1n) is 6.66. The van der Waals surface area contributed by atoms with Crippen molar-refractivity contribution < 1.29 is 9.53 Å². The van der Waals surface area contributed by atoms with E-state index in [1.165, 1.54) is 0 Å². The standard InChI is InChI=1S/C17H19NO2S/c1-18(14-5-4-6-15(11-14)20-2)12-17(19)13-7-9-16(21-3)10-8-13/h4-11H,12H2,1-3H3. The summed E-state index contributed by atoms with van der Waals surface area (Å²) in [6.07, 6.45) is 2.02. The van der Waals surface area contributed by atoms with Crippen molar-refractivity contribution in [1.82, 2.24) is 0 Å². The zero-order valence-corrected chi connectivity index (χ0v) is 13.3. The monoisotopic (exact) mass is 301 g/mol. The zero-order valence-electron chi connectivity index (χ0n) is 12.5. The summed E-state index contributed by atoms with van der Waals surface area (Å²) in [5.41, 5.74) is 1.70. The Morgan fingerprint density at radius 3 is 2.52 bits per heavy atom. The number of hydrogen-bond donors (Lipinski definition) is 0. The fraction of sp³-hybridized carbons (Fsp3) is 0.235. The number of carbonyl (C=O) groups excluding carboxylic acids is 1. The van der Waals surface area contributed by atoms with Crippen LogP contribution in [0.15, 0.2) is 53.4 Å². The molecule has 0 aliphatic heterocycles. The molecule has 0 fully saturated rings. The lowest BCUT2D eigenvalue weighted by Crippen LogP contribution is -2.25. The van der Waals surface area contributed by atoms with Crippen molar-refractivity contribution in [1.29, 1.82) is 0 Å². The molecule has 110 valence electrons. The summed E-state index contributed by atoms with van der Waals surface area (Å²) in [4.78, 5) is 15.4. The van der Waals surface area contributed by atoms with Gasteiger partial charge in [0.05, 0.1) is 13.7 Å². The highest BCUT2D eigenvalue weighted by Crippen LogP contribution is 2.20. The van der Waals surface area contributed by atoms with Crippen LogP contribution < -0.4 is 9.64 Å². The van der Waals surface area contributed by atoms with Crippen molar-refractivity contribution >= 4 is 23.2 Å². The lowest BCUT2D eigenvalue weighted by molar-refractivity contribution is 0.100. The van der Waals surface area contributed by atoms with Gasteiger partial charge in [0.1, 0.15) is 5.75 Å². The Labute approximate surface area is 129 Å². The van der Waals surface area contributed by atoms with Crippen LogP contribution in [-0.4, -0.2) is 32.7 Å². The number of benzene rings is 2. The van der Waals surface area contributed by atoms with Gasteiger partial charge in [0, 0.05) is 29.3 Å². The molecule has 4 heteroatoms. The number of rotatable bonds is 6. The van der Waals surface area contributed by atoms with E-state index in [0.717, 1.165) is 21.9 Å². The second kappa shape index (κ2) is 7.18. The fourth-order valence-corrected chi connectivity index (χ4v) is 2.43. The lowest BCUT2D eigenvalue weighted by Gasteiger charge is -2.19. The van der Waals surface area contributed by atoms with Gasteiger partial charge in [-0.05, 0) is 30.5 Å². The van der Waals surface area contributed by atoms with Gasteiger partial charge in [-0.25, -0.2) is 0 Å². The lowest BCUT2D eigenvalue weighted by atomic mass is 10.1. The largest absolute Gasteiger partial charge is 0.497 e. The van der Waals surface area contributed by atoms with Gasteiger partial charge in [0.25, 0.3) is 0 Å². The topological polar surface area (TPSA) is 29.5 Å². The van der Waals surface area contributed by atoms with Crippen LogP contribution in [0.1, 0.15) is 10.4 Å². The first-order chi connectivity index (χ1) is 10.1. The molecule has 2 rings (SSSR count). The Kier molecular flexibility index (Phi) is 5.28. The van der Waals surface area contributed by atoms with Crippen molar-refractivity contribution in [2.45, 2.75) is 4.90 Å². The van der Waals surface area contributed by atoms with Crippen molar-refractivity contribution in [3.63, 3.8) is 0 Å². The molecule has 2 aromatic rings. The minimum atomic E-state index is 0.105. The van der Waals surface area contributed by atoms with Crippen molar-refractivity contribution in [2.75, 3.05) is 31.9 Å². The molecule has 0 spiro atoms. The first-order valence-corrected chi connectivity index (χ1v) is 7.89. The molecule has 0 heterocycles. The number of ether oxygens (including phenoxy) is 1. The molecule has 0 radical (unpaired) electrons. The number of hydrogen-bond acceptors (Lipinski definition) is 4. The molecule has 0 saturated heterocycles. The summed E-state index contributed by atoms with van der Waals surface area (Å²) in [5, 5.41) is 0. The molecule has 21 heavy (non-hydrogen) atoms. The highest BCUT2D eigenvalue weighted by molar-refractivity contribution is 7.98. The highest BCUT2D eigenvalue weighted by atomic mass is 32.2. The van der Waals surface area contributed by atoms with Gasteiger partial charge in [-0.15, -0.1) is 11.8 Å². The Morgan fingerprint density at radius 1 is 1.19 bits per heavy atom. The van der Waals surface area contributed by atoms with Crippen LogP contribution in [0.5, 0.6) is 5.75 Å². The van der Waals surface area contributed by atoms with Gasteiger partial charge in [0.15, 0.2) is 5.78 Å². The molecule has 0 N–H and O–H groups in total. The molecule has 0 unspecified atom stereocenters. The number of likely N-dealkylation sites (N-methyl/N-ethyl adjacent to an activating group) is 1. The van der Waals surface area contributed by atoms with Crippen LogP contribution in [0.25, 0.3) is 0 Å². The molecule has 0 aromatic heterocycles. The summed E-state index contributed by atoms with van der Waals surface area (Å²) < 4.78 is 5.21. The van der Waals surface area contributed by atoms with E-state index in [-0.39, 0.29) is 5.78 Å². The maximum Gasteiger partial charge on any atom is 0.182 e. The average Bonchev–Trinajstić information content (AvgIpc) is 2.54. The Morgan fingerprint density at radius 2 is 1.90 bits per heavy atom. The molecule has 0 aliphatic rings. The van der Waals surface area contributed by atoms with Crippen LogP contribution >= 0.6 is 11.8 Å². The maximum absolute atomic E-state index is 12.3. The summed E-state index contributed by atoms with van der Waals surface area (Å²) in [7, 11) is 3.54. The van der Waals surface area contributed by atoms with E-state index in [2.05, 4.69) is 0 Å². The average molecular weight is 301 g/mol. The fourth-order valence-electron chi connectivity index (χ4n) is 2.02. The quantitative estimate of drug-likeness (QED) is 0.600. The van der Waals surface area contributed by atoms with Crippen LogP contribution in [0.3, 0.4) is 0 Å². The van der Waals surface area contributed by atoms with Crippen molar-refractivity contribution in [3.8, 4) is 5.75 Å². The van der Waals surface area contributed by atoms with Crippen molar-refractivity contribution in [2.24, 2.45) is 0 Å². The molecule has 0 atom stereocenters. The first kappa shape index (κ1) is 15.4. The molecule has 3 nitrogen and oxygen atoms in total. The van der Waals surface area contributed by atoms with E-state index in [9.17, 15) is 4.79 Å². The van der Waals surface area contributed by atoms with E-state index >= 15 is 0 Å². The van der Waals surface area contributed by atoms with Crippen LogP contribution in [-0.2, 0) is 0 Å². The molecule has 0 amide bonds. The summed E-state index contributed by atoms with van der Waals surface area (Å²) in [6.45, 7) is 0.339. The second-order valence-electron chi connectivity index (χ2n) is 4.71. The van der Waals surface area contributed by atoms with E-state index in [4.69, 9.17) is 4.74 Å². The number of nitrogens with zero attached hydrogens (tertiary/aromatic N) is 1. The third-order valence-electron chi connectivity index (χ3n) is 3.29. The smallest absolute Gasteiger partial charge is 0.182 e. The van der Waals surface area contributed by atoms with E-state index in [1.807, 2.05) is 66.7 Å². The van der Waals surface area contributed by atoms with Crippen LogP contribution in [0.4, 0.5) is 5.69 Å². The zero-order chi connectivity index (χ0) is 15.2. The van der Waals surface area contributed by atoms with Gasteiger partial charge in [-0.2, -0.15) is 0 Å². The third kappa shape index (κ3) is 4.02. The predicted octanol–water partition coefficient (Wildman–Crippen LogP) is 3.74. The molecule has 2 aromatic carbocycles. The molecule has 0 saturated carbocycles. The maximum atomic E-state index is 12.3. The predicted molar refractivity (Wildman–Crippen MR) is 88.8 cm³/mol. The summed E-state index contributed by atoms with van der Waals surface area (Å²) in [5.74, 6) is 0.893. The number of anilines is 1. The SMILES string of the molecule is COc1cccc(N(C)CC(=O)c2ccc(SC)cc2)c1. The van der Waals surface area contributed by atoms with E-state index in [1.54, 1.807) is 18.9 Å². The molecular weight excluding hydrogens is 282 g/mol. The Hall–Kier alpha value is -1.94. The van der Waals surface area contributed by atoms with E-state index in [0.29, 0.717) is 6.54 Å². The minimum Gasteiger partial charge on any atom is -0.497 e. The van der Waals surface area contributed by atoms with Gasteiger partial charge >= 0.3 is 0 Å².